The second kappa shape index (κ2) is 12.3. The molecule has 12 heteroatoms. The number of aliphatic imine (C=N–C) groups is 1. The van der Waals surface area contributed by atoms with Gasteiger partial charge >= 0.3 is 6.03 Å². The predicted molar refractivity (Wildman–Crippen MR) is 139 cm³/mol. The number of methoxy groups -OCH3 is 1. The van der Waals surface area contributed by atoms with Crippen LogP contribution in [0.4, 0.5) is 9.18 Å². The van der Waals surface area contributed by atoms with E-state index >= 15 is 0 Å². The summed E-state index contributed by atoms with van der Waals surface area (Å²) in [7, 11) is 0.302. The van der Waals surface area contributed by atoms with E-state index in [1.54, 1.807) is 42.5 Å². The molecule has 0 spiro atoms. The van der Waals surface area contributed by atoms with Crippen LogP contribution in [0.15, 0.2) is 60.1 Å². The van der Waals surface area contributed by atoms with E-state index in [4.69, 9.17) is 15.2 Å². The Kier molecular flexibility index (Phi) is 9.14. The smallest absolute Gasteiger partial charge is 0.320 e. The van der Waals surface area contributed by atoms with Gasteiger partial charge in [-0.05, 0) is 30.3 Å². The number of carbonyl (C=O) groups excluding carboxylic acids is 1. The average Bonchev–Trinajstić information content (AvgIpc) is 3.52. The Balaban J connectivity index is 0.000000338. The van der Waals surface area contributed by atoms with Crippen LogP contribution >= 0.6 is 0 Å². The van der Waals surface area contributed by atoms with Gasteiger partial charge in [0.25, 0.3) is 0 Å². The van der Waals surface area contributed by atoms with E-state index in [-0.39, 0.29) is 5.82 Å². The second-order valence-corrected chi connectivity index (χ2v) is 14.6. The molecule has 10 nitrogen and oxygen atoms in total. The van der Waals surface area contributed by atoms with Crippen LogP contribution in [0, 0.1) is 5.82 Å². The van der Waals surface area contributed by atoms with Crippen molar-refractivity contribution in [1.82, 2.24) is 24.5 Å². The largest absolute Gasteiger partial charge is 0.496 e. The zero-order valence-electron chi connectivity index (χ0n) is 21.0. The molecule has 0 unspecified atom stereocenters. The molecule has 36 heavy (non-hydrogen) atoms. The first kappa shape index (κ1) is 26.8. The van der Waals surface area contributed by atoms with Crippen molar-refractivity contribution in [2.45, 2.75) is 26.2 Å². The van der Waals surface area contributed by atoms with E-state index in [1.165, 1.54) is 23.4 Å². The SMILES string of the molecule is COc1ccc(F)cc1-c1c(-n2cccn2)cnn1CCOC[Si](C)(C)C.NC(=O)N1C=NC=CC1. The molecule has 1 aromatic carbocycles. The van der Waals surface area contributed by atoms with Crippen molar-refractivity contribution in [3.05, 3.63) is 60.9 Å². The van der Waals surface area contributed by atoms with Gasteiger partial charge in [0.15, 0.2) is 0 Å². The molecule has 1 aliphatic heterocycles. The van der Waals surface area contributed by atoms with Gasteiger partial charge in [-0.2, -0.15) is 10.2 Å². The van der Waals surface area contributed by atoms with Crippen LogP contribution in [-0.4, -0.2) is 71.4 Å². The minimum atomic E-state index is -1.27. The summed E-state index contributed by atoms with van der Waals surface area (Å²) in [6.45, 7) is 8.41. The van der Waals surface area contributed by atoms with Gasteiger partial charge in [0.2, 0.25) is 0 Å². The zero-order chi connectivity index (χ0) is 26.1. The van der Waals surface area contributed by atoms with Gasteiger partial charge in [-0.15, -0.1) is 0 Å². The van der Waals surface area contributed by atoms with E-state index in [2.05, 4.69) is 34.8 Å². The summed E-state index contributed by atoms with van der Waals surface area (Å²) >= 11 is 0. The van der Waals surface area contributed by atoms with Crippen molar-refractivity contribution in [3.8, 4) is 22.7 Å². The lowest BCUT2D eigenvalue weighted by molar-refractivity contribution is 0.160. The highest BCUT2D eigenvalue weighted by Gasteiger charge is 2.20. The maximum Gasteiger partial charge on any atom is 0.320 e. The number of nitrogens with zero attached hydrogens (tertiary/aromatic N) is 6. The van der Waals surface area contributed by atoms with Gasteiger partial charge in [-0.25, -0.2) is 18.9 Å². The number of amides is 2. The van der Waals surface area contributed by atoms with Crippen LogP contribution in [0.3, 0.4) is 0 Å². The Labute approximate surface area is 210 Å². The van der Waals surface area contributed by atoms with Crippen LogP contribution < -0.4 is 10.5 Å². The number of hydrogen-bond donors (Lipinski definition) is 1. The molecule has 3 aromatic rings. The first-order chi connectivity index (χ1) is 17.2. The van der Waals surface area contributed by atoms with Crippen LogP contribution in [0.25, 0.3) is 16.9 Å². The summed E-state index contributed by atoms with van der Waals surface area (Å²) in [6, 6.07) is 5.83. The normalized spacial score (nSPS) is 12.9. The third-order valence-electron chi connectivity index (χ3n) is 4.95. The van der Waals surface area contributed by atoms with E-state index in [9.17, 15) is 9.18 Å². The predicted octanol–water partition coefficient (Wildman–Crippen LogP) is 3.70. The molecule has 0 saturated heterocycles. The highest BCUT2D eigenvalue weighted by molar-refractivity contribution is 6.76. The van der Waals surface area contributed by atoms with Gasteiger partial charge in [0.05, 0.1) is 46.6 Å². The number of carbonyl (C=O) groups is 1. The molecule has 3 heterocycles. The Morgan fingerprint density at radius 2 is 2.06 bits per heavy atom. The molecule has 0 aliphatic carbocycles. The van der Waals surface area contributed by atoms with E-state index in [0.29, 0.717) is 31.0 Å². The van der Waals surface area contributed by atoms with Crippen molar-refractivity contribution >= 4 is 20.4 Å². The molecule has 1 aliphatic rings. The number of hydrogen-bond acceptors (Lipinski definition) is 6. The third-order valence-corrected chi connectivity index (χ3v) is 6.02. The maximum absolute atomic E-state index is 14.0. The molecule has 0 bridgehead atoms. The van der Waals surface area contributed by atoms with Gasteiger partial charge in [-0.3, -0.25) is 9.58 Å². The van der Waals surface area contributed by atoms with E-state index in [1.807, 2.05) is 16.9 Å². The molecule has 2 amide bonds. The third kappa shape index (κ3) is 7.36. The van der Waals surface area contributed by atoms with Crippen molar-refractivity contribution in [3.63, 3.8) is 0 Å². The van der Waals surface area contributed by atoms with Crippen molar-refractivity contribution in [1.29, 1.82) is 0 Å². The van der Waals surface area contributed by atoms with Crippen molar-refractivity contribution in [2.75, 3.05) is 26.5 Å². The topological polar surface area (TPSA) is 113 Å². The van der Waals surface area contributed by atoms with Gasteiger partial charge in [-0.1, -0.05) is 19.6 Å². The highest BCUT2D eigenvalue weighted by atomic mass is 28.3. The second-order valence-electron chi connectivity index (χ2n) is 9.15. The van der Waals surface area contributed by atoms with Gasteiger partial charge in [0.1, 0.15) is 17.3 Å². The number of benzene rings is 1. The van der Waals surface area contributed by atoms with Crippen LogP contribution in [0.1, 0.15) is 0 Å². The lowest BCUT2D eigenvalue weighted by Crippen LogP contribution is -2.35. The Morgan fingerprint density at radius 3 is 2.64 bits per heavy atom. The molecular weight excluding hydrogens is 481 g/mol. The molecular formula is C24H32FN7O3Si. The molecule has 0 atom stereocenters. The molecule has 0 fully saturated rings. The fraction of sp³-hybridized carbons (Fsp3) is 0.333. The fourth-order valence-electron chi connectivity index (χ4n) is 3.33. The zero-order valence-corrected chi connectivity index (χ0v) is 22.0. The van der Waals surface area contributed by atoms with Crippen molar-refractivity contribution in [2.24, 2.45) is 10.7 Å². The minimum Gasteiger partial charge on any atom is -0.496 e. The molecule has 0 radical (unpaired) electrons. The number of primary amides is 1. The van der Waals surface area contributed by atoms with E-state index in [0.717, 1.165) is 17.6 Å². The van der Waals surface area contributed by atoms with Crippen LogP contribution in [0.5, 0.6) is 5.75 Å². The van der Waals surface area contributed by atoms with Gasteiger partial charge < -0.3 is 15.2 Å². The standard InChI is InChI=1S/C19H25FN4O2Si.C5H7N3O/c1-25-18-7-6-15(20)12-16(18)19-17(23-9-5-8-21-23)13-22-24(19)10-11-26-14-27(2,3)4;6-5(9)8-3-1-2-7-4-8/h5-9,12-13H,10-11,14H2,1-4H3;1-2,4H,3H2,(H2,6,9). The number of ether oxygens (including phenoxy) is 2. The lowest BCUT2D eigenvalue weighted by Gasteiger charge is -2.17. The fourth-order valence-corrected chi connectivity index (χ4v) is 4.09. The summed E-state index contributed by atoms with van der Waals surface area (Å²) in [6.07, 6.45) is 10.8. The first-order valence-corrected chi connectivity index (χ1v) is 15.1. The Morgan fingerprint density at radius 1 is 1.25 bits per heavy atom. The molecule has 2 aromatic heterocycles. The lowest BCUT2D eigenvalue weighted by atomic mass is 10.1. The van der Waals surface area contributed by atoms with E-state index < -0.39 is 14.1 Å². The molecule has 0 saturated carbocycles. The summed E-state index contributed by atoms with van der Waals surface area (Å²) in [5.74, 6) is 0.245. The first-order valence-electron chi connectivity index (χ1n) is 11.4. The summed E-state index contributed by atoms with van der Waals surface area (Å²) in [5, 5.41) is 8.79. The van der Waals surface area contributed by atoms with Crippen molar-refractivity contribution < 1.29 is 18.7 Å². The quantitative estimate of drug-likeness (QED) is 0.365. The number of nitrogens with two attached hydrogens (primary N) is 1. The molecule has 192 valence electrons. The van der Waals surface area contributed by atoms with Crippen LogP contribution in [0.2, 0.25) is 19.6 Å². The Hall–Kier alpha value is -3.77. The Bertz CT molecular complexity index is 1200. The number of aromatic nitrogens is 4. The number of halogens is 1. The average molecular weight is 514 g/mol. The monoisotopic (exact) mass is 513 g/mol. The summed E-state index contributed by atoms with van der Waals surface area (Å²) in [5.41, 5.74) is 7.06. The van der Waals surface area contributed by atoms with Crippen LogP contribution in [-0.2, 0) is 11.3 Å². The summed E-state index contributed by atoms with van der Waals surface area (Å²) in [4.78, 5) is 15.4. The number of rotatable bonds is 8. The number of urea groups is 1. The van der Waals surface area contributed by atoms with Gasteiger partial charge in [0, 0.05) is 36.9 Å². The highest BCUT2D eigenvalue weighted by Crippen LogP contribution is 2.34. The minimum absolute atomic E-state index is 0.333. The maximum atomic E-state index is 14.0. The summed E-state index contributed by atoms with van der Waals surface area (Å²) < 4.78 is 28.8. The molecule has 4 rings (SSSR count). The molecule has 2 N–H and O–H groups in total.